The van der Waals surface area contributed by atoms with Gasteiger partial charge in [-0.2, -0.15) is 11.3 Å². The molecule has 130 valence electrons. The van der Waals surface area contributed by atoms with Crippen LogP contribution in [0.4, 0.5) is 0 Å². The van der Waals surface area contributed by atoms with E-state index in [0.717, 1.165) is 29.6 Å². The molecular weight excluding hydrogens is 322 g/mol. The Kier molecular flexibility index (Phi) is 6.93. The van der Waals surface area contributed by atoms with E-state index >= 15 is 0 Å². The summed E-state index contributed by atoms with van der Waals surface area (Å²) < 4.78 is 10.9. The first kappa shape index (κ1) is 18.1. The molecule has 1 aromatic carbocycles. The number of guanidine groups is 1. The fourth-order valence-corrected chi connectivity index (χ4v) is 3.06. The largest absolute Gasteiger partial charge is 0.493 e. The summed E-state index contributed by atoms with van der Waals surface area (Å²) in [5.74, 6) is 2.37. The lowest BCUT2D eigenvalue weighted by Gasteiger charge is -2.22. The number of thiophene rings is 1. The number of ether oxygens (including phenoxy) is 2. The van der Waals surface area contributed by atoms with Gasteiger partial charge in [-0.25, -0.2) is 0 Å². The summed E-state index contributed by atoms with van der Waals surface area (Å²) in [5, 5.41) is 7.63. The van der Waals surface area contributed by atoms with Crippen LogP contribution in [0.2, 0.25) is 0 Å². The first-order valence-electron chi connectivity index (χ1n) is 7.90. The molecule has 1 heterocycles. The number of nitrogens with zero attached hydrogens (tertiary/aromatic N) is 2. The topological polar surface area (TPSA) is 46.1 Å². The molecule has 5 nitrogen and oxygen atoms in total. The maximum Gasteiger partial charge on any atom is 0.193 e. The molecule has 0 atom stereocenters. The van der Waals surface area contributed by atoms with Crippen molar-refractivity contribution in [2.75, 3.05) is 27.8 Å². The highest BCUT2D eigenvalue weighted by Gasteiger charge is 2.09. The Morgan fingerprint density at radius 1 is 1.25 bits per heavy atom. The zero-order valence-corrected chi connectivity index (χ0v) is 15.5. The standard InChI is InChI=1S/C18H25N3O2S/c1-5-23-17-10-14(6-7-16(17)22-4)11-20-18(19-2)21(3)12-15-8-9-24-13-15/h6-10,13H,5,11-12H2,1-4H3,(H,19,20). The molecule has 1 N–H and O–H groups in total. The lowest BCUT2D eigenvalue weighted by Crippen LogP contribution is -2.37. The summed E-state index contributed by atoms with van der Waals surface area (Å²) in [7, 11) is 5.48. The van der Waals surface area contributed by atoms with E-state index in [9.17, 15) is 0 Å². The molecule has 2 rings (SSSR count). The SMILES string of the molecule is CCOc1cc(CNC(=NC)N(C)Cc2ccsc2)ccc1OC. The number of aliphatic imine (C=N–C) groups is 1. The first-order chi connectivity index (χ1) is 11.7. The Labute approximate surface area is 147 Å². The maximum absolute atomic E-state index is 5.63. The van der Waals surface area contributed by atoms with Crippen molar-refractivity contribution in [3.63, 3.8) is 0 Å². The van der Waals surface area contributed by atoms with Gasteiger partial charge in [-0.05, 0) is 47.0 Å². The molecule has 0 saturated carbocycles. The van der Waals surface area contributed by atoms with Gasteiger partial charge in [-0.3, -0.25) is 4.99 Å². The van der Waals surface area contributed by atoms with Crippen LogP contribution in [0.1, 0.15) is 18.1 Å². The van der Waals surface area contributed by atoms with E-state index in [0.29, 0.717) is 13.2 Å². The zero-order valence-electron chi connectivity index (χ0n) is 14.7. The number of benzene rings is 1. The molecule has 0 spiro atoms. The Morgan fingerprint density at radius 2 is 2.08 bits per heavy atom. The van der Waals surface area contributed by atoms with Crippen LogP contribution in [-0.4, -0.2) is 38.7 Å². The summed E-state index contributed by atoms with van der Waals surface area (Å²) in [6, 6.07) is 8.09. The van der Waals surface area contributed by atoms with Gasteiger partial charge < -0.3 is 19.7 Å². The van der Waals surface area contributed by atoms with Crippen LogP contribution in [0.15, 0.2) is 40.0 Å². The number of rotatable bonds is 7. The predicted octanol–water partition coefficient (Wildman–Crippen LogP) is 3.36. The normalized spacial score (nSPS) is 11.2. The molecule has 0 amide bonds. The summed E-state index contributed by atoms with van der Waals surface area (Å²) in [4.78, 5) is 6.46. The minimum atomic E-state index is 0.609. The fraction of sp³-hybridized carbons (Fsp3) is 0.389. The third-order valence-corrected chi connectivity index (χ3v) is 4.28. The van der Waals surface area contributed by atoms with Gasteiger partial charge in [0, 0.05) is 27.2 Å². The van der Waals surface area contributed by atoms with Gasteiger partial charge in [0.05, 0.1) is 13.7 Å². The van der Waals surface area contributed by atoms with Crippen molar-refractivity contribution in [1.82, 2.24) is 10.2 Å². The average molecular weight is 347 g/mol. The van der Waals surface area contributed by atoms with Crippen molar-refractivity contribution in [2.45, 2.75) is 20.0 Å². The molecular formula is C18H25N3O2S. The van der Waals surface area contributed by atoms with E-state index in [1.54, 1.807) is 25.5 Å². The highest BCUT2D eigenvalue weighted by molar-refractivity contribution is 7.07. The van der Waals surface area contributed by atoms with Crippen molar-refractivity contribution in [3.05, 3.63) is 46.2 Å². The molecule has 0 radical (unpaired) electrons. The number of nitrogens with one attached hydrogen (secondary N) is 1. The van der Waals surface area contributed by atoms with Gasteiger partial charge in [0.1, 0.15) is 0 Å². The minimum absolute atomic E-state index is 0.609. The van der Waals surface area contributed by atoms with Gasteiger partial charge in [0.2, 0.25) is 0 Å². The Balaban J connectivity index is 1.98. The summed E-state index contributed by atoms with van der Waals surface area (Å²) in [6.45, 7) is 4.07. The number of methoxy groups -OCH3 is 1. The number of hydrogen-bond donors (Lipinski definition) is 1. The van der Waals surface area contributed by atoms with Gasteiger partial charge in [0.25, 0.3) is 0 Å². The summed E-state index contributed by atoms with van der Waals surface area (Å²) in [5.41, 5.74) is 2.40. The second-order valence-electron chi connectivity index (χ2n) is 5.31. The molecule has 0 fully saturated rings. The maximum atomic E-state index is 5.63. The van der Waals surface area contributed by atoms with Gasteiger partial charge in [0.15, 0.2) is 17.5 Å². The third-order valence-electron chi connectivity index (χ3n) is 3.55. The minimum Gasteiger partial charge on any atom is -0.493 e. The molecule has 0 bridgehead atoms. The van der Waals surface area contributed by atoms with Gasteiger partial charge in [-0.1, -0.05) is 6.07 Å². The van der Waals surface area contributed by atoms with Crippen LogP contribution < -0.4 is 14.8 Å². The van der Waals surface area contributed by atoms with E-state index in [4.69, 9.17) is 9.47 Å². The van der Waals surface area contributed by atoms with Crippen LogP contribution in [0.5, 0.6) is 11.5 Å². The van der Waals surface area contributed by atoms with Crippen molar-refractivity contribution in [2.24, 2.45) is 4.99 Å². The van der Waals surface area contributed by atoms with Crippen LogP contribution >= 0.6 is 11.3 Å². The monoisotopic (exact) mass is 347 g/mol. The van der Waals surface area contributed by atoms with Crippen molar-refractivity contribution in [1.29, 1.82) is 0 Å². The lowest BCUT2D eigenvalue weighted by molar-refractivity contribution is 0.310. The quantitative estimate of drug-likeness (QED) is 0.616. The first-order valence-corrected chi connectivity index (χ1v) is 8.84. The van der Waals surface area contributed by atoms with Crippen molar-refractivity contribution < 1.29 is 9.47 Å². The molecule has 0 aliphatic carbocycles. The molecule has 0 saturated heterocycles. The predicted molar refractivity (Wildman–Crippen MR) is 100 cm³/mol. The highest BCUT2D eigenvalue weighted by Crippen LogP contribution is 2.28. The second-order valence-corrected chi connectivity index (χ2v) is 6.09. The average Bonchev–Trinajstić information content (AvgIpc) is 3.09. The van der Waals surface area contributed by atoms with Crippen LogP contribution in [-0.2, 0) is 13.1 Å². The van der Waals surface area contributed by atoms with E-state index < -0.39 is 0 Å². The Hall–Kier alpha value is -2.21. The number of hydrogen-bond acceptors (Lipinski definition) is 4. The zero-order chi connectivity index (χ0) is 17.4. The Morgan fingerprint density at radius 3 is 2.71 bits per heavy atom. The lowest BCUT2D eigenvalue weighted by atomic mass is 10.2. The van der Waals surface area contributed by atoms with Crippen LogP contribution in [0, 0.1) is 0 Å². The van der Waals surface area contributed by atoms with E-state index in [-0.39, 0.29) is 0 Å². The highest BCUT2D eigenvalue weighted by atomic mass is 32.1. The fourth-order valence-electron chi connectivity index (χ4n) is 2.40. The van der Waals surface area contributed by atoms with Crippen molar-refractivity contribution in [3.8, 4) is 11.5 Å². The molecule has 1 aromatic heterocycles. The Bertz CT molecular complexity index is 656. The molecule has 0 aliphatic rings. The van der Waals surface area contributed by atoms with Gasteiger partial charge in [-0.15, -0.1) is 0 Å². The summed E-state index contributed by atoms with van der Waals surface area (Å²) >= 11 is 1.71. The van der Waals surface area contributed by atoms with Crippen LogP contribution in [0.25, 0.3) is 0 Å². The van der Waals surface area contributed by atoms with Crippen molar-refractivity contribution >= 4 is 17.3 Å². The van der Waals surface area contributed by atoms with Gasteiger partial charge >= 0.3 is 0 Å². The van der Waals surface area contributed by atoms with E-state index in [1.165, 1.54) is 5.56 Å². The van der Waals surface area contributed by atoms with E-state index in [2.05, 4.69) is 32.0 Å². The third kappa shape index (κ3) is 4.89. The molecule has 6 heteroatoms. The smallest absolute Gasteiger partial charge is 0.193 e. The van der Waals surface area contributed by atoms with Crippen LogP contribution in [0.3, 0.4) is 0 Å². The molecule has 24 heavy (non-hydrogen) atoms. The molecule has 2 aromatic rings. The molecule has 0 aliphatic heterocycles. The second kappa shape index (κ2) is 9.17. The summed E-state index contributed by atoms with van der Waals surface area (Å²) in [6.07, 6.45) is 0. The van der Waals surface area contributed by atoms with E-state index in [1.807, 2.05) is 32.2 Å². The molecule has 0 unspecified atom stereocenters.